The van der Waals surface area contributed by atoms with Gasteiger partial charge in [-0.05, 0) is 51.2 Å². The molecule has 1 saturated heterocycles. The standard InChI is InChI=1S/C19H25N3O3/c1-12-4-2-7-15(20-12)19(24)22-8-9-25-17-11-13(10-16(17)22)18(23)21-14-5-3-6-14/h2,4,7,13-14,16-17H,3,5-6,8-11H2,1H3,(H,21,23)/t13-,16+,17+/m0/s1. The van der Waals surface area contributed by atoms with Crippen LogP contribution in [0.25, 0.3) is 0 Å². The summed E-state index contributed by atoms with van der Waals surface area (Å²) in [6, 6.07) is 5.83. The molecule has 3 aliphatic rings. The van der Waals surface area contributed by atoms with Crippen LogP contribution in [0.5, 0.6) is 0 Å². The molecule has 1 aliphatic heterocycles. The van der Waals surface area contributed by atoms with E-state index in [0.29, 0.717) is 37.7 Å². The highest BCUT2D eigenvalue weighted by Crippen LogP contribution is 2.35. The maximum absolute atomic E-state index is 12.9. The molecule has 0 radical (unpaired) electrons. The van der Waals surface area contributed by atoms with Gasteiger partial charge in [0, 0.05) is 24.2 Å². The summed E-state index contributed by atoms with van der Waals surface area (Å²) in [7, 11) is 0. The highest BCUT2D eigenvalue weighted by Gasteiger charge is 2.45. The minimum absolute atomic E-state index is 0.0271. The molecular formula is C19H25N3O3. The van der Waals surface area contributed by atoms with Crippen LogP contribution in [0, 0.1) is 12.8 Å². The molecule has 1 aromatic rings. The summed E-state index contributed by atoms with van der Waals surface area (Å²) in [5, 5.41) is 3.14. The van der Waals surface area contributed by atoms with Crippen molar-refractivity contribution in [2.24, 2.45) is 5.92 Å². The van der Waals surface area contributed by atoms with Crippen LogP contribution in [0.3, 0.4) is 0 Å². The third-order valence-electron chi connectivity index (χ3n) is 5.73. The molecule has 134 valence electrons. The number of aryl methyl sites for hydroxylation is 1. The first-order valence-corrected chi connectivity index (χ1v) is 9.28. The Morgan fingerprint density at radius 1 is 1.28 bits per heavy atom. The number of carbonyl (C=O) groups excluding carboxylic acids is 2. The van der Waals surface area contributed by atoms with Crippen LogP contribution in [-0.4, -0.2) is 53.0 Å². The summed E-state index contributed by atoms with van der Waals surface area (Å²) in [4.78, 5) is 31.6. The lowest BCUT2D eigenvalue weighted by Crippen LogP contribution is -2.51. The molecule has 6 nitrogen and oxygen atoms in total. The number of hydrogen-bond acceptors (Lipinski definition) is 4. The molecule has 4 rings (SSSR count). The van der Waals surface area contributed by atoms with Gasteiger partial charge in [-0.15, -0.1) is 0 Å². The van der Waals surface area contributed by atoms with Crippen LogP contribution < -0.4 is 5.32 Å². The van der Waals surface area contributed by atoms with Crippen molar-refractivity contribution in [1.29, 1.82) is 0 Å². The van der Waals surface area contributed by atoms with E-state index in [0.717, 1.165) is 18.5 Å². The number of fused-ring (bicyclic) bond motifs is 1. The van der Waals surface area contributed by atoms with Crippen molar-refractivity contribution in [3.63, 3.8) is 0 Å². The zero-order valence-electron chi connectivity index (χ0n) is 14.6. The van der Waals surface area contributed by atoms with Crippen LogP contribution in [-0.2, 0) is 9.53 Å². The fourth-order valence-electron chi connectivity index (χ4n) is 4.10. The van der Waals surface area contributed by atoms with Gasteiger partial charge in [-0.1, -0.05) is 6.07 Å². The molecule has 3 atom stereocenters. The van der Waals surface area contributed by atoms with Crippen LogP contribution in [0.4, 0.5) is 0 Å². The molecule has 3 fully saturated rings. The summed E-state index contributed by atoms with van der Waals surface area (Å²) in [6.45, 7) is 2.97. The number of nitrogens with one attached hydrogen (secondary N) is 1. The zero-order valence-corrected chi connectivity index (χ0v) is 14.6. The van der Waals surface area contributed by atoms with Gasteiger partial charge in [0.15, 0.2) is 0 Å². The van der Waals surface area contributed by atoms with E-state index in [9.17, 15) is 9.59 Å². The van der Waals surface area contributed by atoms with E-state index in [2.05, 4.69) is 10.3 Å². The summed E-state index contributed by atoms with van der Waals surface area (Å²) < 4.78 is 5.87. The molecule has 2 amide bonds. The molecule has 0 aromatic carbocycles. The number of nitrogens with zero attached hydrogens (tertiary/aromatic N) is 2. The SMILES string of the molecule is Cc1cccc(C(=O)N2CCO[C@@H]3C[C@@H](C(=O)NC4CCC4)C[C@H]32)n1. The van der Waals surface area contributed by atoms with E-state index in [4.69, 9.17) is 4.74 Å². The van der Waals surface area contributed by atoms with E-state index >= 15 is 0 Å². The fourth-order valence-corrected chi connectivity index (χ4v) is 4.10. The Morgan fingerprint density at radius 2 is 2.12 bits per heavy atom. The van der Waals surface area contributed by atoms with Gasteiger partial charge in [-0.3, -0.25) is 9.59 Å². The first kappa shape index (κ1) is 16.5. The fraction of sp³-hybridized carbons (Fsp3) is 0.632. The maximum atomic E-state index is 12.9. The predicted molar refractivity (Wildman–Crippen MR) is 92.0 cm³/mol. The first-order chi connectivity index (χ1) is 12.1. The highest BCUT2D eigenvalue weighted by atomic mass is 16.5. The number of morpholine rings is 1. The third kappa shape index (κ3) is 3.27. The van der Waals surface area contributed by atoms with Gasteiger partial charge in [-0.2, -0.15) is 0 Å². The minimum atomic E-state index is -0.0607. The van der Waals surface area contributed by atoms with Crippen LogP contribution in [0.15, 0.2) is 18.2 Å². The minimum Gasteiger partial charge on any atom is -0.374 e. The second-order valence-corrected chi connectivity index (χ2v) is 7.44. The third-order valence-corrected chi connectivity index (χ3v) is 5.73. The lowest BCUT2D eigenvalue weighted by atomic mass is 9.92. The maximum Gasteiger partial charge on any atom is 0.272 e. The topological polar surface area (TPSA) is 71.5 Å². The Bertz CT molecular complexity index is 674. The van der Waals surface area contributed by atoms with Crippen molar-refractivity contribution >= 4 is 11.8 Å². The van der Waals surface area contributed by atoms with Crippen molar-refractivity contribution in [3.8, 4) is 0 Å². The van der Waals surface area contributed by atoms with Gasteiger partial charge in [0.2, 0.25) is 5.91 Å². The quantitative estimate of drug-likeness (QED) is 0.906. The van der Waals surface area contributed by atoms with Gasteiger partial charge in [-0.25, -0.2) is 4.98 Å². The number of hydrogen-bond donors (Lipinski definition) is 1. The van der Waals surface area contributed by atoms with E-state index in [1.807, 2.05) is 24.0 Å². The number of ether oxygens (including phenoxy) is 1. The molecule has 1 N–H and O–H groups in total. The second-order valence-electron chi connectivity index (χ2n) is 7.44. The summed E-state index contributed by atoms with van der Waals surface area (Å²) >= 11 is 0. The number of rotatable bonds is 3. The Morgan fingerprint density at radius 3 is 2.84 bits per heavy atom. The molecule has 25 heavy (non-hydrogen) atoms. The summed E-state index contributed by atoms with van der Waals surface area (Å²) in [5.41, 5.74) is 1.31. The molecule has 2 heterocycles. The van der Waals surface area contributed by atoms with Crippen molar-refractivity contribution < 1.29 is 14.3 Å². The Kier molecular flexibility index (Phi) is 4.46. The van der Waals surface area contributed by atoms with Gasteiger partial charge in [0.05, 0.1) is 18.8 Å². The van der Waals surface area contributed by atoms with Crippen molar-refractivity contribution in [1.82, 2.24) is 15.2 Å². The Hall–Kier alpha value is -1.95. The van der Waals surface area contributed by atoms with E-state index < -0.39 is 0 Å². The lowest BCUT2D eigenvalue weighted by molar-refractivity contribution is -0.126. The number of amides is 2. The molecule has 6 heteroatoms. The average molecular weight is 343 g/mol. The van der Waals surface area contributed by atoms with Gasteiger partial charge in [0.1, 0.15) is 5.69 Å². The Labute approximate surface area is 147 Å². The highest BCUT2D eigenvalue weighted by molar-refractivity contribution is 5.92. The molecule has 0 spiro atoms. The number of pyridine rings is 1. The van der Waals surface area contributed by atoms with E-state index in [-0.39, 0.29) is 29.9 Å². The van der Waals surface area contributed by atoms with Crippen LogP contribution >= 0.6 is 0 Å². The zero-order chi connectivity index (χ0) is 17.4. The molecule has 1 aromatic heterocycles. The normalized spacial score (nSPS) is 29.0. The van der Waals surface area contributed by atoms with Gasteiger partial charge >= 0.3 is 0 Å². The number of aromatic nitrogens is 1. The lowest BCUT2D eigenvalue weighted by Gasteiger charge is -2.37. The van der Waals surface area contributed by atoms with Crippen LogP contribution in [0.2, 0.25) is 0 Å². The molecule has 0 unspecified atom stereocenters. The van der Waals surface area contributed by atoms with Crippen molar-refractivity contribution in [3.05, 3.63) is 29.6 Å². The van der Waals surface area contributed by atoms with Crippen molar-refractivity contribution in [2.45, 2.75) is 57.2 Å². The van der Waals surface area contributed by atoms with Crippen LogP contribution in [0.1, 0.15) is 48.3 Å². The second kappa shape index (κ2) is 6.75. The largest absolute Gasteiger partial charge is 0.374 e. The molecule has 0 bridgehead atoms. The smallest absolute Gasteiger partial charge is 0.272 e. The summed E-state index contributed by atoms with van der Waals surface area (Å²) in [6.07, 6.45) is 4.72. The molecule has 2 saturated carbocycles. The summed E-state index contributed by atoms with van der Waals surface area (Å²) in [5.74, 6) is 0.0142. The molecule has 2 aliphatic carbocycles. The van der Waals surface area contributed by atoms with Crippen molar-refractivity contribution in [2.75, 3.05) is 13.2 Å². The van der Waals surface area contributed by atoms with E-state index in [1.165, 1.54) is 6.42 Å². The molecular weight excluding hydrogens is 318 g/mol. The van der Waals surface area contributed by atoms with Gasteiger partial charge < -0.3 is 15.0 Å². The monoisotopic (exact) mass is 343 g/mol. The number of carbonyl (C=O) groups is 2. The first-order valence-electron chi connectivity index (χ1n) is 9.28. The van der Waals surface area contributed by atoms with E-state index in [1.54, 1.807) is 6.07 Å². The predicted octanol–water partition coefficient (Wildman–Crippen LogP) is 1.68. The average Bonchev–Trinajstić information content (AvgIpc) is 3.01. The Balaban J connectivity index is 1.45. The van der Waals surface area contributed by atoms with Gasteiger partial charge in [0.25, 0.3) is 5.91 Å².